The van der Waals surface area contributed by atoms with Gasteiger partial charge in [0.1, 0.15) is 18.7 Å². The average molecular weight is 362 g/mol. The van der Waals surface area contributed by atoms with Gasteiger partial charge in [0.15, 0.2) is 11.4 Å². The molecule has 0 spiro atoms. The van der Waals surface area contributed by atoms with E-state index in [0.29, 0.717) is 25.9 Å². The number of para-hydroxylation sites is 1. The molecule has 1 N–H and O–H groups in total. The van der Waals surface area contributed by atoms with E-state index >= 15 is 0 Å². The Morgan fingerprint density at radius 3 is 2.48 bits per heavy atom. The Morgan fingerprint density at radius 2 is 1.85 bits per heavy atom. The predicted molar refractivity (Wildman–Crippen MR) is 96.0 cm³/mol. The van der Waals surface area contributed by atoms with Gasteiger partial charge >= 0.3 is 0 Å². The van der Waals surface area contributed by atoms with Crippen molar-refractivity contribution in [2.75, 3.05) is 18.4 Å². The van der Waals surface area contributed by atoms with Gasteiger partial charge in [-0.25, -0.2) is 4.98 Å². The average Bonchev–Trinajstić information content (AvgIpc) is 3.10. The number of hydrogen-bond donors (Lipinski definition) is 1. The number of carbonyl (C=O) groups excluding carboxylic acids is 2. The van der Waals surface area contributed by atoms with Crippen LogP contribution in [0.15, 0.2) is 36.7 Å². The first kappa shape index (κ1) is 18.2. The topological polar surface area (TPSA) is 115 Å². The standard InChI is InChI=1S/C19H18N6O2/c20-10-16-17(11-21)25(13-22-16)12-18(26)24-8-6-14(7-9-24)19(27)23-15-4-2-1-3-5-15/h1-5,13-14H,6-9,12H2,(H,23,27). The van der Waals surface area contributed by atoms with Crippen molar-refractivity contribution < 1.29 is 9.59 Å². The molecule has 3 rings (SSSR count). The van der Waals surface area contributed by atoms with Gasteiger partial charge in [0.2, 0.25) is 11.8 Å². The molecule has 8 heteroatoms. The minimum atomic E-state index is -0.157. The zero-order chi connectivity index (χ0) is 19.2. The summed E-state index contributed by atoms with van der Waals surface area (Å²) in [7, 11) is 0. The Kier molecular flexibility index (Phi) is 5.48. The summed E-state index contributed by atoms with van der Waals surface area (Å²) in [5.41, 5.74) is 0.864. The fourth-order valence-electron chi connectivity index (χ4n) is 3.10. The van der Waals surface area contributed by atoms with Crippen molar-refractivity contribution in [2.24, 2.45) is 5.92 Å². The second-order valence-electron chi connectivity index (χ2n) is 6.30. The Labute approximate surface area is 156 Å². The first-order valence-corrected chi connectivity index (χ1v) is 8.61. The fraction of sp³-hybridized carbons (Fsp3) is 0.316. The lowest BCUT2D eigenvalue weighted by molar-refractivity contribution is -0.135. The number of imidazole rings is 1. The molecule has 136 valence electrons. The van der Waals surface area contributed by atoms with Crippen LogP contribution in [-0.2, 0) is 16.1 Å². The number of rotatable bonds is 4. The van der Waals surface area contributed by atoms with Crippen molar-refractivity contribution in [1.82, 2.24) is 14.5 Å². The van der Waals surface area contributed by atoms with Crippen molar-refractivity contribution in [1.29, 1.82) is 10.5 Å². The van der Waals surface area contributed by atoms with Crippen LogP contribution in [0, 0.1) is 28.6 Å². The van der Waals surface area contributed by atoms with Gasteiger partial charge in [0.25, 0.3) is 0 Å². The molecule has 2 amide bonds. The number of hydrogen-bond acceptors (Lipinski definition) is 5. The molecule has 2 aromatic rings. The van der Waals surface area contributed by atoms with E-state index < -0.39 is 0 Å². The van der Waals surface area contributed by atoms with Crippen LogP contribution < -0.4 is 5.32 Å². The third-order valence-corrected chi connectivity index (χ3v) is 4.61. The highest BCUT2D eigenvalue weighted by atomic mass is 16.2. The van der Waals surface area contributed by atoms with Crippen LogP contribution >= 0.6 is 0 Å². The van der Waals surface area contributed by atoms with Gasteiger partial charge in [-0.3, -0.25) is 9.59 Å². The number of likely N-dealkylation sites (tertiary alicyclic amines) is 1. The Bertz CT molecular complexity index is 914. The minimum Gasteiger partial charge on any atom is -0.341 e. The first-order chi connectivity index (χ1) is 13.1. The number of aromatic nitrogens is 2. The molecule has 8 nitrogen and oxygen atoms in total. The molecule has 0 atom stereocenters. The largest absolute Gasteiger partial charge is 0.341 e. The number of nitrogens with zero attached hydrogens (tertiary/aromatic N) is 5. The van der Waals surface area contributed by atoms with Gasteiger partial charge in [0.05, 0.1) is 6.33 Å². The van der Waals surface area contributed by atoms with Gasteiger partial charge in [-0.05, 0) is 25.0 Å². The molecule has 1 aliphatic rings. The summed E-state index contributed by atoms with van der Waals surface area (Å²) in [6.45, 7) is 0.916. The molecule has 0 saturated carbocycles. The molecule has 27 heavy (non-hydrogen) atoms. The van der Waals surface area contributed by atoms with Crippen molar-refractivity contribution in [3.8, 4) is 12.1 Å². The van der Waals surface area contributed by atoms with Crippen LogP contribution in [0.2, 0.25) is 0 Å². The summed E-state index contributed by atoms with van der Waals surface area (Å²) >= 11 is 0. The molecule has 1 aromatic carbocycles. The van der Waals surface area contributed by atoms with Gasteiger partial charge in [0, 0.05) is 24.7 Å². The van der Waals surface area contributed by atoms with Crippen molar-refractivity contribution >= 4 is 17.5 Å². The number of benzene rings is 1. The van der Waals surface area contributed by atoms with E-state index in [1.165, 1.54) is 10.9 Å². The Hall–Kier alpha value is -3.65. The monoisotopic (exact) mass is 362 g/mol. The number of nitriles is 2. The minimum absolute atomic E-state index is 0.0154. The van der Waals surface area contributed by atoms with Crippen molar-refractivity contribution in [3.05, 3.63) is 48.0 Å². The zero-order valence-corrected chi connectivity index (χ0v) is 14.6. The summed E-state index contributed by atoms with van der Waals surface area (Å²) in [5, 5.41) is 20.9. The highest BCUT2D eigenvalue weighted by molar-refractivity contribution is 5.92. The summed E-state index contributed by atoms with van der Waals surface area (Å²) in [5.74, 6) is -0.328. The van der Waals surface area contributed by atoms with Crippen LogP contribution in [-0.4, -0.2) is 39.4 Å². The third kappa shape index (κ3) is 4.13. The summed E-state index contributed by atoms with van der Waals surface area (Å²) in [6, 6.07) is 13.0. The molecule has 1 fully saturated rings. The van der Waals surface area contributed by atoms with E-state index in [1.807, 2.05) is 42.5 Å². The lowest BCUT2D eigenvalue weighted by Gasteiger charge is -2.31. The van der Waals surface area contributed by atoms with E-state index in [-0.39, 0.29) is 35.7 Å². The third-order valence-electron chi connectivity index (χ3n) is 4.61. The quantitative estimate of drug-likeness (QED) is 0.885. The smallest absolute Gasteiger partial charge is 0.242 e. The molecule has 2 heterocycles. The van der Waals surface area contributed by atoms with Crippen LogP contribution in [0.3, 0.4) is 0 Å². The van der Waals surface area contributed by atoms with E-state index in [1.54, 1.807) is 4.90 Å². The lowest BCUT2D eigenvalue weighted by Crippen LogP contribution is -2.42. The Morgan fingerprint density at radius 1 is 1.15 bits per heavy atom. The summed E-state index contributed by atoms with van der Waals surface area (Å²) in [6.07, 6.45) is 2.50. The molecule has 0 aliphatic carbocycles. The van der Waals surface area contributed by atoms with Gasteiger partial charge in [-0.2, -0.15) is 10.5 Å². The fourth-order valence-corrected chi connectivity index (χ4v) is 3.10. The molecule has 1 saturated heterocycles. The van der Waals surface area contributed by atoms with Gasteiger partial charge in [-0.15, -0.1) is 0 Å². The highest BCUT2D eigenvalue weighted by Gasteiger charge is 2.28. The number of piperidine rings is 1. The lowest BCUT2D eigenvalue weighted by atomic mass is 9.95. The molecule has 0 radical (unpaired) electrons. The van der Waals surface area contributed by atoms with Crippen molar-refractivity contribution in [2.45, 2.75) is 19.4 Å². The van der Waals surface area contributed by atoms with E-state index in [4.69, 9.17) is 10.5 Å². The Balaban J connectivity index is 1.54. The van der Waals surface area contributed by atoms with Gasteiger partial charge < -0.3 is 14.8 Å². The number of carbonyl (C=O) groups is 2. The SMILES string of the molecule is N#Cc1ncn(CC(=O)N2CCC(C(=O)Nc3ccccc3)CC2)c1C#N. The zero-order valence-electron chi connectivity index (χ0n) is 14.6. The molecular formula is C19H18N6O2. The second-order valence-corrected chi connectivity index (χ2v) is 6.30. The number of anilines is 1. The highest BCUT2D eigenvalue weighted by Crippen LogP contribution is 2.20. The van der Waals surface area contributed by atoms with E-state index in [9.17, 15) is 9.59 Å². The number of amides is 2. The van der Waals surface area contributed by atoms with E-state index in [2.05, 4.69) is 10.3 Å². The van der Waals surface area contributed by atoms with Crippen LogP contribution in [0.5, 0.6) is 0 Å². The summed E-state index contributed by atoms with van der Waals surface area (Å²) in [4.78, 5) is 30.4. The maximum atomic E-state index is 12.5. The predicted octanol–water partition coefficient (Wildman–Crippen LogP) is 1.50. The maximum Gasteiger partial charge on any atom is 0.242 e. The molecule has 1 aromatic heterocycles. The second kappa shape index (κ2) is 8.15. The van der Waals surface area contributed by atoms with Crippen molar-refractivity contribution in [3.63, 3.8) is 0 Å². The molecule has 0 unspecified atom stereocenters. The first-order valence-electron chi connectivity index (χ1n) is 8.61. The maximum absolute atomic E-state index is 12.5. The number of nitrogens with one attached hydrogen (secondary N) is 1. The van der Waals surface area contributed by atoms with Crippen LogP contribution in [0.4, 0.5) is 5.69 Å². The summed E-state index contributed by atoms with van der Waals surface area (Å²) < 4.78 is 1.38. The normalized spacial score (nSPS) is 14.2. The van der Waals surface area contributed by atoms with Crippen LogP contribution in [0.1, 0.15) is 24.2 Å². The van der Waals surface area contributed by atoms with Crippen LogP contribution in [0.25, 0.3) is 0 Å². The molecule has 0 bridgehead atoms. The van der Waals surface area contributed by atoms with Gasteiger partial charge in [-0.1, -0.05) is 18.2 Å². The molecule has 1 aliphatic heterocycles. The van der Waals surface area contributed by atoms with E-state index in [0.717, 1.165) is 5.69 Å². The molecular weight excluding hydrogens is 344 g/mol.